The summed E-state index contributed by atoms with van der Waals surface area (Å²) in [5, 5.41) is 2.84. The fourth-order valence-corrected chi connectivity index (χ4v) is 0.918. The maximum Gasteiger partial charge on any atom is 0.118 e. The molecule has 1 rings (SSSR count). The highest BCUT2D eigenvalue weighted by molar-refractivity contribution is 9.10. The van der Waals surface area contributed by atoms with E-state index >= 15 is 0 Å². The van der Waals surface area contributed by atoms with Gasteiger partial charge in [0.15, 0.2) is 0 Å². The monoisotopic (exact) mass is 198 g/mol. The van der Waals surface area contributed by atoms with Gasteiger partial charge in [-0.1, -0.05) is 28.1 Å². The SMILES string of the molecule is COc1ccc([C]Br)cc1. The summed E-state index contributed by atoms with van der Waals surface area (Å²) in [6.45, 7) is 0. The molecule has 1 nitrogen and oxygen atoms in total. The van der Waals surface area contributed by atoms with Crippen molar-refractivity contribution >= 4 is 15.9 Å². The Kier molecular flexibility index (Phi) is 2.75. The van der Waals surface area contributed by atoms with Crippen LogP contribution in [0.1, 0.15) is 5.56 Å². The van der Waals surface area contributed by atoms with Crippen LogP contribution in [0, 0.1) is 5.33 Å². The summed E-state index contributed by atoms with van der Waals surface area (Å²) in [5.41, 5.74) is 1.01. The molecule has 0 bridgehead atoms. The third-order valence-electron chi connectivity index (χ3n) is 1.20. The summed E-state index contributed by atoms with van der Waals surface area (Å²) in [7, 11) is 1.65. The lowest BCUT2D eigenvalue weighted by molar-refractivity contribution is 0.415. The fourth-order valence-electron chi connectivity index (χ4n) is 0.654. The van der Waals surface area contributed by atoms with Gasteiger partial charge >= 0.3 is 0 Å². The van der Waals surface area contributed by atoms with Gasteiger partial charge in [-0.05, 0) is 17.7 Å². The first-order valence-electron chi connectivity index (χ1n) is 2.87. The van der Waals surface area contributed by atoms with E-state index < -0.39 is 0 Å². The minimum atomic E-state index is 0.867. The lowest BCUT2D eigenvalue weighted by Gasteiger charge is -1.98. The quantitative estimate of drug-likeness (QED) is 0.710. The zero-order valence-corrected chi connectivity index (χ0v) is 7.18. The van der Waals surface area contributed by atoms with Crippen molar-refractivity contribution in [2.24, 2.45) is 0 Å². The molecule has 0 saturated heterocycles. The smallest absolute Gasteiger partial charge is 0.118 e. The van der Waals surface area contributed by atoms with E-state index in [9.17, 15) is 0 Å². The first-order chi connectivity index (χ1) is 4.86. The van der Waals surface area contributed by atoms with Crippen LogP contribution in [0.25, 0.3) is 0 Å². The molecular weight excluding hydrogens is 192 g/mol. The van der Waals surface area contributed by atoms with E-state index in [0.29, 0.717) is 0 Å². The Hall–Kier alpha value is -0.500. The fraction of sp³-hybridized carbons (Fsp3) is 0.125. The van der Waals surface area contributed by atoms with Crippen LogP contribution in [0.2, 0.25) is 0 Å². The van der Waals surface area contributed by atoms with E-state index in [1.54, 1.807) is 7.11 Å². The van der Waals surface area contributed by atoms with Gasteiger partial charge in [0.1, 0.15) is 5.75 Å². The van der Waals surface area contributed by atoms with Gasteiger partial charge in [0.05, 0.1) is 12.4 Å². The van der Waals surface area contributed by atoms with Gasteiger partial charge in [-0.2, -0.15) is 0 Å². The lowest BCUT2D eigenvalue weighted by atomic mass is 10.2. The molecule has 0 aromatic heterocycles. The zero-order valence-electron chi connectivity index (χ0n) is 5.60. The van der Waals surface area contributed by atoms with E-state index in [1.165, 1.54) is 0 Å². The average molecular weight is 199 g/mol. The van der Waals surface area contributed by atoms with Crippen molar-refractivity contribution < 1.29 is 4.74 Å². The average Bonchev–Trinajstić information content (AvgIpc) is 2.05. The molecule has 0 fully saturated rings. The number of rotatable bonds is 2. The van der Waals surface area contributed by atoms with E-state index in [4.69, 9.17) is 4.74 Å². The summed E-state index contributed by atoms with van der Waals surface area (Å²) in [6, 6.07) is 7.63. The number of ether oxygens (including phenoxy) is 1. The molecule has 1 aromatic carbocycles. The van der Waals surface area contributed by atoms with Crippen molar-refractivity contribution in [3.63, 3.8) is 0 Å². The Morgan fingerprint density at radius 2 is 1.90 bits per heavy atom. The second-order valence-electron chi connectivity index (χ2n) is 1.82. The highest BCUT2D eigenvalue weighted by Gasteiger charge is 1.90. The Morgan fingerprint density at radius 3 is 2.30 bits per heavy atom. The summed E-state index contributed by atoms with van der Waals surface area (Å²) in [5.74, 6) is 0.867. The largest absolute Gasteiger partial charge is 0.497 e. The normalized spacial score (nSPS) is 9.40. The Morgan fingerprint density at radius 1 is 1.30 bits per heavy atom. The van der Waals surface area contributed by atoms with E-state index in [2.05, 4.69) is 21.3 Å². The van der Waals surface area contributed by atoms with Gasteiger partial charge in [0.25, 0.3) is 0 Å². The Bertz CT molecular complexity index is 170. The summed E-state index contributed by atoms with van der Waals surface area (Å²) in [4.78, 5) is 0. The molecule has 0 spiro atoms. The molecule has 0 aliphatic heterocycles. The molecule has 2 radical (unpaired) electrons. The number of methoxy groups -OCH3 is 1. The maximum atomic E-state index is 4.97. The molecule has 1 aromatic rings. The predicted octanol–water partition coefficient (Wildman–Crippen LogP) is 2.48. The van der Waals surface area contributed by atoms with Crippen LogP contribution in [-0.4, -0.2) is 7.11 Å². The summed E-state index contributed by atoms with van der Waals surface area (Å²) >= 11 is 3.11. The lowest BCUT2D eigenvalue weighted by Crippen LogP contribution is -1.81. The summed E-state index contributed by atoms with van der Waals surface area (Å²) < 4.78 is 4.97. The van der Waals surface area contributed by atoms with Gasteiger partial charge < -0.3 is 4.74 Å². The molecule has 0 aliphatic rings. The van der Waals surface area contributed by atoms with Gasteiger partial charge in [0, 0.05) is 0 Å². The molecule has 52 valence electrons. The number of benzene rings is 1. The van der Waals surface area contributed by atoms with Crippen LogP contribution in [0.5, 0.6) is 5.75 Å². The van der Waals surface area contributed by atoms with Gasteiger partial charge in [-0.3, -0.25) is 0 Å². The van der Waals surface area contributed by atoms with Crippen LogP contribution in [0.15, 0.2) is 24.3 Å². The molecule has 0 amide bonds. The van der Waals surface area contributed by atoms with Gasteiger partial charge in [-0.25, -0.2) is 0 Å². The van der Waals surface area contributed by atoms with Crippen LogP contribution in [0.4, 0.5) is 0 Å². The van der Waals surface area contributed by atoms with E-state index in [-0.39, 0.29) is 0 Å². The molecule has 0 saturated carbocycles. The summed E-state index contributed by atoms with van der Waals surface area (Å²) in [6.07, 6.45) is 0. The van der Waals surface area contributed by atoms with Gasteiger partial charge in [-0.15, -0.1) is 0 Å². The number of halogens is 1. The van der Waals surface area contributed by atoms with Crippen LogP contribution < -0.4 is 4.74 Å². The highest BCUT2D eigenvalue weighted by Crippen LogP contribution is 2.13. The van der Waals surface area contributed by atoms with Crippen molar-refractivity contribution in [2.45, 2.75) is 0 Å². The maximum absolute atomic E-state index is 4.97. The molecule has 0 atom stereocenters. The van der Waals surface area contributed by atoms with Gasteiger partial charge in [0.2, 0.25) is 0 Å². The molecule has 2 heteroatoms. The van der Waals surface area contributed by atoms with Crippen molar-refractivity contribution in [3.05, 3.63) is 35.2 Å². The highest BCUT2D eigenvalue weighted by atomic mass is 79.9. The van der Waals surface area contributed by atoms with Crippen LogP contribution in [0.3, 0.4) is 0 Å². The minimum Gasteiger partial charge on any atom is -0.497 e. The van der Waals surface area contributed by atoms with E-state index in [1.807, 2.05) is 24.3 Å². The van der Waals surface area contributed by atoms with Crippen molar-refractivity contribution in [1.82, 2.24) is 0 Å². The molecule has 10 heavy (non-hydrogen) atoms. The molecule has 0 N–H and O–H groups in total. The third kappa shape index (κ3) is 1.74. The molecular formula is C8H7BrO. The molecule has 0 unspecified atom stereocenters. The first-order valence-corrected chi connectivity index (χ1v) is 3.67. The number of hydrogen-bond acceptors (Lipinski definition) is 1. The molecule has 0 heterocycles. The zero-order chi connectivity index (χ0) is 7.40. The topological polar surface area (TPSA) is 9.23 Å². The first kappa shape index (κ1) is 7.61. The van der Waals surface area contributed by atoms with E-state index in [0.717, 1.165) is 11.3 Å². The second-order valence-corrected chi connectivity index (χ2v) is 2.22. The van der Waals surface area contributed by atoms with Crippen LogP contribution >= 0.6 is 15.9 Å². The minimum absolute atomic E-state index is 0.867. The Labute approximate surface area is 69.1 Å². The molecule has 0 aliphatic carbocycles. The second kappa shape index (κ2) is 3.62. The van der Waals surface area contributed by atoms with Crippen molar-refractivity contribution in [2.75, 3.05) is 7.11 Å². The van der Waals surface area contributed by atoms with Crippen molar-refractivity contribution in [1.29, 1.82) is 0 Å². The predicted molar refractivity (Wildman–Crippen MR) is 44.3 cm³/mol. The Balaban J connectivity index is 2.80. The van der Waals surface area contributed by atoms with Crippen LogP contribution in [-0.2, 0) is 0 Å². The number of hydrogen-bond donors (Lipinski definition) is 0. The van der Waals surface area contributed by atoms with Crippen molar-refractivity contribution in [3.8, 4) is 5.75 Å². The standard InChI is InChI=1S/C8H7BrO/c1-10-8-4-2-7(6-9)3-5-8/h2-5H,1H3. The third-order valence-corrected chi connectivity index (χ3v) is 1.66.